The number of rotatable bonds is 4. The molecule has 0 bridgehead atoms. The van der Waals surface area contributed by atoms with Crippen LogP contribution in [0.25, 0.3) is 10.8 Å². The second-order valence-corrected chi connectivity index (χ2v) is 9.73. The zero-order valence-corrected chi connectivity index (χ0v) is 18.6. The molecule has 1 aliphatic rings. The molecular formula is C25H28N2O2S. The number of ether oxygens (including phenoxy) is 1. The van der Waals surface area contributed by atoms with E-state index in [1.165, 1.54) is 10.5 Å². The Hall–Kier alpha value is -2.53. The summed E-state index contributed by atoms with van der Waals surface area (Å²) in [4.78, 5) is 20.5. The summed E-state index contributed by atoms with van der Waals surface area (Å²) in [5.41, 5.74) is 1.79. The highest BCUT2D eigenvalue weighted by Gasteiger charge is 2.34. The monoisotopic (exact) mass is 420 g/mol. The third kappa shape index (κ3) is 4.78. The van der Waals surface area contributed by atoms with E-state index in [0.29, 0.717) is 6.54 Å². The van der Waals surface area contributed by atoms with Gasteiger partial charge in [-0.2, -0.15) is 0 Å². The SMILES string of the molecule is CC(C)(C)OC(=O)N1CCCC1c1nccc2cc(SCc3ccccc3)ccc12. The molecule has 1 fully saturated rings. The van der Waals surface area contributed by atoms with Crippen molar-refractivity contribution in [1.29, 1.82) is 0 Å². The minimum atomic E-state index is -0.499. The van der Waals surface area contributed by atoms with Gasteiger partial charge in [-0.05, 0) is 62.8 Å². The Morgan fingerprint density at radius 2 is 1.97 bits per heavy atom. The Bertz CT molecular complexity index is 1030. The van der Waals surface area contributed by atoms with Crippen molar-refractivity contribution >= 4 is 28.6 Å². The van der Waals surface area contributed by atoms with Gasteiger partial charge in [-0.3, -0.25) is 9.88 Å². The zero-order chi connectivity index (χ0) is 21.1. The number of carbonyl (C=O) groups excluding carboxylic acids is 1. The number of likely N-dealkylation sites (tertiary alicyclic amines) is 1. The lowest BCUT2D eigenvalue weighted by atomic mass is 10.0. The Labute approximate surface area is 182 Å². The van der Waals surface area contributed by atoms with Crippen molar-refractivity contribution in [3.05, 3.63) is 72.1 Å². The van der Waals surface area contributed by atoms with Crippen LogP contribution in [-0.4, -0.2) is 28.1 Å². The van der Waals surface area contributed by atoms with Gasteiger partial charge < -0.3 is 4.74 Å². The number of nitrogens with zero attached hydrogens (tertiary/aromatic N) is 2. The first-order chi connectivity index (χ1) is 14.4. The summed E-state index contributed by atoms with van der Waals surface area (Å²) < 4.78 is 5.63. The standard InChI is InChI=1S/C25H28N2O2S/c1-25(2,3)29-24(28)27-15-7-10-22(27)23-21-12-11-20(16-19(21)13-14-26-23)30-17-18-8-5-4-6-9-18/h4-6,8-9,11-14,16,22H,7,10,15,17H2,1-3H3. The highest BCUT2D eigenvalue weighted by Crippen LogP contribution is 2.36. The van der Waals surface area contributed by atoms with Crippen molar-refractivity contribution in [3.8, 4) is 0 Å². The van der Waals surface area contributed by atoms with E-state index in [0.717, 1.165) is 35.1 Å². The fraction of sp³-hybridized carbons (Fsp3) is 0.360. The Morgan fingerprint density at radius 1 is 1.17 bits per heavy atom. The number of hydrogen-bond donors (Lipinski definition) is 0. The van der Waals surface area contributed by atoms with Crippen LogP contribution in [0.4, 0.5) is 4.79 Å². The third-order valence-corrected chi connectivity index (χ3v) is 6.28. The molecule has 2 aromatic carbocycles. The first-order valence-electron chi connectivity index (χ1n) is 10.5. The molecule has 3 aromatic rings. The summed E-state index contributed by atoms with van der Waals surface area (Å²) in [6.45, 7) is 6.42. The number of thioether (sulfide) groups is 1. The quantitative estimate of drug-likeness (QED) is 0.446. The highest BCUT2D eigenvalue weighted by atomic mass is 32.2. The second-order valence-electron chi connectivity index (χ2n) is 8.69. The smallest absolute Gasteiger partial charge is 0.410 e. The average Bonchev–Trinajstić information content (AvgIpc) is 3.21. The molecule has 1 aliphatic heterocycles. The summed E-state index contributed by atoms with van der Waals surface area (Å²) in [6, 6.07) is 19.1. The molecule has 0 saturated carbocycles. The number of pyridine rings is 1. The van der Waals surface area contributed by atoms with Crippen molar-refractivity contribution < 1.29 is 9.53 Å². The molecule has 1 saturated heterocycles. The van der Waals surface area contributed by atoms with Gasteiger partial charge in [0.05, 0.1) is 11.7 Å². The first kappa shape index (κ1) is 20.7. The molecule has 2 heterocycles. The minimum absolute atomic E-state index is 0.0358. The maximum absolute atomic E-state index is 12.7. The normalized spacial score (nSPS) is 16.8. The van der Waals surface area contributed by atoms with E-state index >= 15 is 0 Å². The van der Waals surface area contributed by atoms with Crippen molar-refractivity contribution in [2.75, 3.05) is 6.54 Å². The van der Waals surface area contributed by atoms with Crippen LogP contribution in [0, 0.1) is 0 Å². The number of hydrogen-bond acceptors (Lipinski definition) is 4. The summed E-state index contributed by atoms with van der Waals surface area (Å²) in [6.07, 6.45) is 3.48. The van der Waals surface area contributed by atoms with E-state index in [1.807, 2.05) is 49.7 Å². The van der Waals surface area contributed by atoms with Crippen molar-refractivity contribution in [2.24, 2.45) is 0 Å². The molecule has 0 N–H and O–H groups in total. The minimum Gasteiger partial charge on any atom is -0.444 e. The van der Waals surface area contributed by atoms with E-state index in [2.05, 4.69) is 53.5 Å². The molecular weight excluding hydrogens is 392 g/mol. The van der Waals surface area contributed by atoms with Gasteiger partial charge in [0.2, 0.25) is 0 Å². The van der Waals surface area contributed by atoms with Gasteiger partial charge >= 0.3 is 6.09 Å². The van der Waals surface area contributed by atoms with Crippen LogP contribution in [0.1, 0.15) is 50.9 Å². The van der Waals surface area contributed by atoms with Crippen LogP contribution in [0.5, 0.6) is 0 Å². The summed E-state index contributed by atoms with van der Waals surface area (Å²) in [7, 11) is 0. The van der Waals surface area contributed by atoms with Crippen LogP contribution in [0.15, 0.2) is 65.7 Å². The van der Waals surface area contributed by atoms with Gasteiger partial charge in [0.15, 0.2) is 0 Å². The summed E-state index contributed by atoms with van der Waals surface area (Å²) in [5.74, 6) is 0.944. The molecule has 1 unspecified atom stereocenters. The second kappa shape index (κ2) is 8.68. The van der Waals surface area contributed by atoms with Crippen molar-refractivity contribution in [3.63, 3.8) is 0 Å². The topological polar surface area (TPSA) is 42.4 Å². The van der Waals surface area contributed by atoms with Crippen LogP contribution in [-0.2, 0) is 10.5 Å². The number of aromatic nitrogens is 1. The molecule has 4 nitrogen and oxygen atoms in total. The molecule has 5 heteroatoms. The largest absolute Gasteiger partial charge is 0.444 e. The average molecular weight is 421 g/mol. The van der Waals surface area contributed by atoms with Crippen LogP contribution >= 0.6 is 11.8 Å². The van der Waals surface area contributed by atoms with E-state index in [9.17, 15) is 4.79 Å². The molecule has 0 aliphatic carbocycles. The molecule has 1 atom stereocenters. The molecule has 0 spiro atoms. The predicted octanol–water partition coefficient (Wildman–Crippen LogP) is 6.60. The molecule has 156 valence electrons. The highest BCUT2D eigenvalue weighted by molar-refractivity contribution is 7.98. The van der Waals surface area contributed by atoms with Crippen LogP contribution < -0.4 is 0 Å². The first-order valence-corrected chi connectivity index (χ1v) is 11.4. The molecule has 1 amide bonds. The summed E-state index contributed by atoms with van der Waals surface area (Å²) >= 11 is 1.83. The summed E-state index contributed by atoms with van der Waals surface area (Å²) in [5, 5.41) is 2.27. The van der Waals surface area contributed by atoms with Gasteiger partial charge in [0.25, 0.3) is 0 Å². The van der Waals surface area contributed by atoms with Gasteiger partial charge in [0, 0.05) is 28.8 Å². The third-order valence-electron chi connectivity index (χ3n) is 5.21. The Morgan fingerprint density at radius 3 is 2.73 bits per heavy atom. The number of benzene rings is 2. The zero-order valence-electron chi connectivity index (χ0n) is 17.8. The molecule has 4 rings (SSSR count). The lowest BCUT2D eigenvalue weighted by Crippen LogP contribution is -2.36. The van der Waals surface area contributed by atoms with Gasteiger partial charge in [-0.25, -0.2) is 4.79 Å². The van der Waals surface area contributed by atoms with E-state index < -0.39 is 5.60 Å². The lowest BCUT2D eigenvalue weighted by molar-refractivity contribution is 0.0222. The van der Waals surface area contributed by atoms with Crippen LogP contribution in [0.2, 0.25) is 0 Å². The van der Waals surface area contributed by atoms with Gasteiger partial charge in [-0.1, -0.05) is 36.4 Å². The molecule has 30 heavy (non-hydrogen) atoms. The molecule has 0 radical (unpaired) electrons. The molecule has 1 aromatic heterocycles. The fourth-order valence-electron chi connectivity index (χ4n) is 3.87. The van der Waals surface area contributed by atoms with E-state index in [4.69, 9.17) is 4.74 Å². The number of amides is 1. The lowest BCUT2D eigenvalue weighted by Gasteiger charge is -2.28. The van der Waals surface area contributed by atoms with Crippen molar-refractivity contribution in [1.82, 2.24) is 9.88 Å². The number of carbonyl (C=O) groups is 1. The maximum atomic E-state index is 12.7. The Kier molecular flexibility index (Phi) is 6.00. The van der Waals surface area contributed by atoms with Crippen molar-refractivity contribution in [2.45, 2.75) is 55.9 Å². The van der Waals surface area contributed by atoms with Gasteiger partial charge in [0.1, 0.15) is 5.60 Å². The maximum Gasteiger partial charge on any atom is 0.410 e. The Balaban J connectivity index is 1.56. The van der Waals surface area contributed by atoms with Crippen LogP contribution in [0.3, 0.4) is 0 Å². The predicted molar refractivity (Wildman–Crippen MR) is 123 cm³/mol. The van der Waals surface area contributed by atoms with E-state index in [-0.39, 0.29) is 12.1 Å². The number of fused-ring (bicyclic) bond motifs is 1. The van der Waals surface area contributed by atoms with Gasteiger partial charge in [-0.15, -0.1) is 11.8 Å². The fourth-order valence-corrected chi connectivity index (χ4v) is 4.77. The van der Waals surface area contributed by atoms with E-state index in [1.54, 1.807) is 0 Å².